The van der Waals surface area contributed by atoms with Crippen LogP contribution in [-0.2, 0) is 14.3 Å². The second-order valence-corrected chi connectivity index (χ2v) is 8.08. The predicted molar refractivity (Wildman–Crippen MR) is 127 cm³/mol. The van der Waals surface area contributed by atoms with Crippen LogP contribution in [-0.4, -0.2) is 62.3 Å². The molecule has 1 N–H and O–H groups in total. The number of carbonyl (C=O) groups excluding carboxylic acids is 2. The molecule has 1 unspecified atom stereocenters. The van der Waals surface area contributed by atoms with E-state index in [1.54, 1.807) is 49.6 Å². The molecule has 1 heterocycles. The topological polar surface area (TPSA) is 94.5 Å². The second kappa shape index (κ2) is 11.1. The second-order valence-electron chi connectivity index (χ2n) is 8.08. The quantitative estimate of drug-likeness (QED) is 0.244. The SMILES string of the molecule is COc1ccc(C2/C(=C(\O)c3c(OC)cccc3OC)C(=O)C(=O)N2CCCOC(C)C)cc1. The summed E-state index contributed by atoms with van der Waals surface area (Å²) in [7, 11) is 4.48. The highest BCUT2D eigenvalue weighted by Crippen LogP contribution is 2.43. The van der Waals surface area contributed by atoms with Crippen molar-refractivity contribution in [1.29, 1.82) is 0 Å². The van der Waals surface area contributed by atoms with Crippen LogP contribution < -0.4 is 14.2 Å². The number of methoxy groups -OCH3 is 3. The summed E-state index contributed by atoms with van der Waals surface area (Å²) in [4.78, 5) is 27.8. The van der Waals surface area contributed by atoms with Crippen molar-refractivity contribution in [3.63, 3.8) is 0 Å². The van der Waals surface area contributed by atoms with E-state index in [1.807, 2.05) is 13.8 Å². The number of hydrogen-bond acceptors (Lipinski definition) is 7. The molecule has 1 aliphatic rings. The first-order valence-corrected chi connectivity index (χ1v) is 11.1. The maximum absolute atomic E-state index is 13.2. The number of nitrogens with zero attached hydrogens (tertiary/aromatic N) is 1. The molecule has 1 atom stereocenters. The number of ketones is 1. The molecule has 0 aromatic heterocycles. The number of amides is 1. The van der Waals surface area contributed by atoms with Gasteiger partial charge in [-0.25, -0.2) is 0 Å². The molecule has 2 aromatic rings. The zero-order chi connectivity index (χ0) is 24.8. The fraction of sp³-hybridized carbons (Fsp3) is 0.385. The van der Waals surface area contributed by atoms with Crippen LogP contribution in [0.25, 0.3) is 5.76 Å². The number of Topliss-reactive ketones (excluding diaryl/α,β-unsaturated/α-hetero) is 1. The number of benzene rings is 2. The number of aliphatic hydroxyl groups excluding tert-OH is 1. The highest BCUT2D eigenvalue weighted by molar-refractivity contribution is 6.46. The molecular weight excluding hydrogens is 438 g/mol. The number of hydrogen-bond donors (Lipinski definition) is 1. The number of rotatable bonds is 10. The molecule has 1 aliphatic heterocycles. The Bertz CT molecular complexity index is 1040. The lowest BCUT2D eigenvalue weighted by Gasteiger charge is -2.26. The minimum atomic E-state index is -0.792. The lowest BCUT2D eigenvalue weighted by atomic mass is 9.94. The first kappa shape index (κ1) is 25.1. The van der Waals surface area contributed by atoms with Gasteiger partial charge in [-0.15, -0.1) is 0 Å². The molecule has 1 amide bonds. The third-order valence-corrected chi connectivity index (χ3v) is 5.63. The molecule has 1 saturated heterocycles. The summed E-state index contributed by atoms with van der Waals surface area (Å²) >= 11 is 0. The molecule has 0 aliphatic carbocycles. The first-order chi connectivity index (χ1) is 16.3. The van der Waals surface area contributed by atoms with Crippen molar-refractivity contribution >= 4 is 17.4 Å². The molecule has 34 heavy (non-hydrogen) atoms. The maximum Gasteiger partial charge on any atom is 0.295 e. The average Bonchev–Trinajstić information content (AvgIpc) is 3.10. The molecule has 1 fully saturated rings. The smallest absolute Gasteiger partial charge is 0.295 e. The fourth-order valence-electron chi connectivity index (χ4n) is 4.02. The summed E-state index contributed by atoms with van der Waals surface area (Å²) in [6.07, 6.45) is 0.599. The molecule has 2 aromatic carbocycles. The predicted octanol–water partition coefficient (Wildman–Crippen LogP) is 3.95. The van der Waals surface area contributed by atoms with Crippen molar-refractivity contribution < 1.29 is 33.6 Å². The summed E-state index contributed by atoms with van der Waals surface area (Å²) in [6, 6.07) is 11.3. The molecule has 0 radical (unpaired) electrons. The molecule has 8 nitrogen and oxygen atoms in total. The standard InChI is InChI=1S/C26H31NO7/c1-16(2)34-15-7-14-27-23(17-10-12-18(31-3)13-11-17)22(25(29)26(27)30)24(28)21-19(32-4)8-6-9-20(21)33-5/h6,8-13,16,23,28H,7,14-15H2,1-5H3/b24-22+. The van der Waals surface area contributed by atoms with Gasteiger partial charge in [0.2, 0.25) is 0 Å². The van der Waals surface area contributed by atoms with Crippen LogP contribution in [0.1, 0.15) is 37.4 Å². The Labute approximate surface area is 199 Å². The lowest BCUT2D eigenvalue weighted by Crippen LogP contribution is -2.31. The van der Waals surface area contributed by atoms with Crippen molar-refractivity contribution in [3.8, 4) is 17.2 Å². The van der Waals surface area contributed by atoms with Gasteiger partial charge in [0.1, 0.15) is 28.6 Å². The third kappa shape index (κ3) is 5.02. The van der Waals surface area contributed by atoms with E-state index in [0.717, 1.165) is 0 Å². The zero-order valence-electron chi connectivity index (χ0n) is 20.2. The van der Waals surface area contributed by atoms with Gasteiger partial charge in [0.15, 0.2) is 0 Å². The number of ether oxygens (including phenoxy) is 4. The largest absolute Gasteiger partial charge is 0.506 e. The number of carbonyl (C=O) groups is 2. The van der Waals surface area contributed by atoms with Gasteiger partial charge in [-0.2, -0.15) is 0 Å². The minimum absolute atomic E-state index is 0.0252. The summed E-state index contributed by atoms with van der Waals surface area (Å²) in [5.41, 5.74) is 0.857. The highest BCUT2D eigenvalue weighted by Gasteiger charge is 2.46. The Morgan fingerprint density at radius 2 is 1.59 bits per heavy atom. The summed E-state index contributed by atoms with van der Waals surface area (Å²) in [5.74, 6) is -0.521. The van der Waals surface area contributed by atoms with Crippen LogP contribution in [0.5, 0.6) is 17.2 Å². The minimum Gasteiger partial charge on any atom is -0.506 e. The van der Waals surface area contributed by atoms with Gasteiger partial charge in [-0.3, -0.25) is 9.59 Å². The Morgan fingerprint density at radius 1 is 0.971 bits per heavy atom. The lowest BCUT2D eigenvalue weighted by molar-refractivity contribution is -0.140. The van der Waals surface area contributed by atoms with Crippen molar-refractivity contribution in [3.05, 3.63) is 59.2 Å². The van der Waals surface area contributed by atoms with Crippen molar-refractivity contribution in [2.45, 2.75) is 32.4 Å². The van der Waals surface area contributed by atoms with Crippen LogP contribution in [0.2, 0.25) is 0 Å². The normalized spacial score (nSPS) is 17.4. The van der Waals surface area contributed by atoms with E-state index in [4.69, 9.17) is 18.9 Å². The first-order valence-electron chi connectivity index (χ1n) is 11.1. The molecule has 3 rings (SSSR count). The van der Waals surface area contributed by atoms with Gasteiger partial charge in [0, 0.05) is 13.2 Å². The van der Waals surface area contributed by atoms with Gasteiger partial charge in [-0.05, 0) is 50.1 Å². The number of aliphatic hydroxyl groups is 1. The van der Waals surface area contributed by atoms with Crippen LogP contribution in [0, 0.1) is 0 Å². The van der Waals surface area contributed by atoms with E-state index in [9.17, 15) is 14.7 Å². The zero-order valence-corrected chi connectivity index (χ0v) is 20.2. The Hall–Kier alpha value is -3.52. The van der Waals surface area contributed by atoms with E-state index >= 15 is 0 Å². The van der Waals surface area contributed by atoms with Gasteiger partial charge in [-0.1, -0.05) is 18.2 Å². The summed E-state index contributed by atoms with van der Waals surface area (Å²) in [5, 5.41) is 11.4. The number of likely N-dealkylation sites (tertiary alicyclic amines) is 1. The molecule has 8 heteroatoms. The van der Waals surface area contributed by atoms with Gasteiger partial charge in [0.05, 0.1) is 39.0 Å². The van der Waals surface area contributed by atoms with Gasteiger partial charge in [0.25, 0.3) is 11.7 Å². The van der Waals surface area contributed by atoms with Crippen molar-refractivity contribution in [2.24, 2.45) is 0 Å². The van der Waals surface area contributed by atoms with Crippen LogP contribution in [0.15, 0.2) is 48.0 Å². The Balaban J connectivity index is 2.13. The molecular formula is C26H31NO7. The van der Waals surface area contributed by atoms with Crippen LogP contribution >= 0.6 is 0 Å². The van der Waals surface area contributed by atoms with E-state index < -0.39 is 17.7 Å². The summed E-state index contributed by atoms with van der Waals surface area (Å²) < 4.78 is 21.7. The third-order valence-electron chi connectivity index (χ3n) is 5.63. The maximum atomic E-state index is 13.2. The highest BCUT2D eigenvalue weighted by atomic mass is 16.5. The van der Waals surface area contributed by atoms with Crippen LogP contribution in [0.3, 0.4) is 0 Å². The molecule has 0 bridgehead atoms. The molecule has 0 spiro atoms. The average molecular weight is 470 g/mol. The Morgan fingerprint density at radius 3 is 2.12 bits per heavy atom. The van der Waals surface area contributed by atoms with Gasteiger partial charge < -0.3 is 29.0 Å². The molecule has 182 valence electrons. The molecule has 0 saturated carbocycles. The van der Waals surface area contributed by atoms with E-state index in [0.29, 0.717) is 35.8 Å². The summed E-state index contributed by atoms with van der Waals surface area (Å²) in [6.45, 7) is 4.60. The van der Waals surface area contributed by atoms with Crippen molar-refractivity contribution in [2.75, 3.05) is 34.5 Å². The monoisotopic (exact) mass is 469 g/mol. The van der Waals surface area contributed by atoms with E-state index in [2.05, 4.69) is 0 Å². The van der Waals surface area contributed by atoms with Gasteiger partial charge >= 0.3 is 0 Å². The van der Waals surface area contributed by atoms with Crippen molar-refractivity contribution in [1.82, 2.24) is 4.90 Å². The fourth-order valence-corrected chi connectivity index (χ4v) is 4.02. The van der Waals surface area contributed by atoms with E-state index in [-0.39, 0.29) is 29.5 Å². The Kier molecular flexibility index (Phi) is 8.17. The van der Waals surface area contributed by atoms with E-state index in [1.165, 1.54) is 19.1 Å². The van der Waals surface area contributed by atoms with Crippen LogP contribution in [0.4, 0.5) is 0 Å².